The first-order valence-corrected chi connectivity index (χ1v) is 6.50. The highest BCUT2D eigenvalue weighted by Gasteiger charge is 1.99. The van der Waals surface area contributed by atoms with Crippen LogP contribution in [0.25, 0.3) is 0 Å². The molecule has 0 heterocycles. The molecule has 0 radical (unpaired) electrons. The number of thiocarbonyl (C=S) groups is 1. The first-order chi connectivity index (χ1) is 6.72. The molecule has 0 aliphatic rings. The monoisotopic (exact) mass is 232 g/mol. The smallest absolute Gasteiger partial charge is 0.0162 e. The molecule has 0 aromatic rings. The van der Waals surface area contributed by atoms with Crippen molar-refractivity contribution in [1.82, 2.24) is 4.90 Å². The van der Waals surface area contributed by atoms with Gasteiger partial charge in [-0.2, -0.15) is 0 Å². The van der Waals surface area contributed by atoms with Crippen molar-refractivity contribution < 1.29 is 0 Å². The van der Waals surface area contributed by atoms with E-state index < -0.39 is 0 Å². The second-order valence-corrected chi connectivity index (χ2v) is 4.70. The molecular formula is C11H22NS2-. The highest BCUT2D eigenvalue weighted by molar-refractivity contribution is 8.00. The zero-order chi connectivity index (χ0) is 10.8. The maximum atomic E-state index is 5.06. The second kappa shape index (κ2) is 9.66. The third kappa shape index (κ3) is 7.51. The van der Waals surface area contributed by atoms with Crippen LogP contribution in [0.4, 0.5) is 0 Å². The summed E-state index contributed by atoms with van der Waals surface area (Å²) in [4.78, 5) is 2.18. The molecule has 0 saturated heterocycles. The molecule has 3 heteroatoms. The van der Waals surface area contributed by atoms with Gasteiger partial charge in [0.15, 0.2) is 0 Å². The molecule has 0 unspecified atom stereocenters. The minimum atomic E-state index is 0.650. The molecule has 0 bridgehead atoms. The lowest BCUT2D eigenvalue weighted by atomic mass is 10.2. The molecule has 84 valence electrons. The third-order valence-electron chi connectivity index (χ3n) is 2.32. The molecule has 14 heavy (non-hydrogen) atoms. The first-order valence-electron chi connectivity index (χ1n) is 5.68. The van der Waals surface area contributed by atoms with E-state index in [1.165, 1.54) is 38.5 Å². The van der Waals surface area contributed by atoms with Crippen LogP contribution in [0.2, 0.25) is 0 Å². The predicted octanol–water partition coefficient (Wildman–Crippen LogP) is 3.50. The molecule has 0 amide bonds. The third-order valence-corrected chi connectivity index (χ3v) is 2.84. The van der Waals surface area contributed by atoms with E-state index in [-0.39, 0.29) is 0 Å². The lowest BCUT2D eigenvalue weighted by molar-refractivity contribution is 0.402. The number of hydrogen-bond acceptors (Lipinski definition) is 2. The lowest BCUT2D eigenvalue weighted by Gasteiger charge is -2.28. The van der Waals surface area contributed by atoms with Crippen LogP contribution >= 0.6 is 12.2 Å². The summed E-state index contributed by atoms with van der Waals surface area (Å²) in [6.45, 7) is 6.54. The molecular weight excluding hydrogens is 210 g/mol. The average molecular weight is 232 g/mol. The minimum absolute atomic E-state index is 0.650. The van der Waals surface area contributed by atoms with Gasteiger partial charge in [-0.25, -0.2) is 0 Å². The van der Waals surface area contributed by atoms with Gasteiger partial charge in [-0.05, 0) is 12.8 Å². The van der Waals surface area contributed by atoms with Gasteiger partial charge in [0.05, 0.1) is 0 Å². The fraction of sp³-hybridized carbons (Fsp3) is 0.909. The Balaban J connectivity index is 3.61. The van der Waals surface area contributed by atoms with Crippen molar-refractivity contribution in [2.45, 2.75) is 52.4 Å². The van der Waals surface area contributed by atoms with E-state index in [1.807, 2.05) is 0 Å². The van der Waals surface area contributed by atoms with Crippen LogP contribution in [-0.4, -0.2) is 22.3 Å². The molecule has 0 atom stereocenters. The van der Waals surface area contributed by atoms with Crippen molar-refractivity contribution >= 4 is 29.2 Å². The predicted molar refractivity (Wildman–Crippen MR) is 70.6 cm³/mol. The average Bonchev–Trinajstić information content (AvgIpc) is 2.15. The molecule has 0 aromatic heterocycles. The van der Waals surface area contributed by atoms with E-state index in [0.717, 1.165) is 13.1 Å². The summed E-state index contributed by atoms with van der Waals surface area (Å²) in [5.74, 6) is 0. The highest BCUT2D eigenvalue weighted by Crippen LogP contribution is 2.03. The molecule has 0 aromatic carbocycles. The van der Waals surface area contributed by atoms with Gasteiger partial charge >= 0.3 is 0 Å². The Morgan fingerprint density at radius 2 is 1.43 bits per heavy atom. The molecule has 1 nitrogen and oxygen atoms in total. The van der Waals surface area contributed by atoms with Crippen LogP contribution in [0.3, 0.4) is 0 Å². The van der Waals surface area contributed by atoms with Crippen molar-refractivity contribution in [2.24, 2.45) is 0 Å². The van der Waals surface area contributed by atoms with Crippen molar-refractivity contribution in [3.8, 4) is 0 Å². The molecule has 0 fully saturated rings. The van der Waals surface area contributed by atoms with Gasteiger partial charge < -0.3 is 29.7 Å². The maximum absolute atomic E-state index is 5.06. The Labute approximate surface area is 99.7 Å². The largest absolute Gasteiger partial charge is 0.411 e. The van der Waals surface area contributed by atoms with Crippen molar-refractivity contribution in [3.63, 3.8) is 0 Å². The zero-order valence-corrected chi connectivity index (χ0v) is 11.1. The highest BCUT2D eigenvalue weighted by atomic mass is 32.1. The van der Waals surface area contributed by atoms with Gasteiger partial charge in [-0.15, -0.1) is 0 Å². The quantitative estimate of drug-likeness (QED) is 0.358. The van der Waals surface area contributed by atoms with Gasteiger partial charge in [-0.1, -0.05) is 43.9 Å². The van der Waals surface area contributed by atoms with Crippen LogP contribution in [0.1, 0.15) is 52.4 Å². The van der Waals surface area contributed by atoms with Gasteiger partial charge in [0, 0.05) is 13.1 Å². The molecule has 0 N–H and O–H groups in total. The van der Waals surface area contributed by atoms with E-state index >= 15 is 0 Å². The summed E-state index contributed by atoms with van der Waals surface area (Å²) in [5.41, 5.74) is 0. The van der Waals surface area contributed by atoms with Gasteiger partial charge in [-0.3, -0.25) is 0 Å². The van der Waals surface area contributed by atoms with E-state index in [0.29, 0.717) is 4.32 Å². The van der Waals surface area contributed by atoms with Gasteiger partial charge in [0.2, 0.25) is 0 Å². The number of nitrogens with zero attached hydrogens (tertiary/aromatic N) is 1. The molecule has 0 rings (SSSR count). The SMILES string of the molecule is CCCCCN(CCCCC)C(=S)[S-]. The Hall–Kier alpha value is 0.110. The van der Waals surface area contributed by atoms with Crippen molar-refractivity contribution in [1.29, 1.82) is 0 Å². The van der Waals surface area contributed by atoms with Crippen molar-refractivity contribution in [2.75, 3.05) is 13.1 Å². The fourth-order valence-electron chi connectivity index (χ4n) is 1.40. The van der Waals surface area contributed by atoms with Crippen LogP contribution in [0, 0.1) is 0 Å². The Morgan fingerprint density at radius 3 is 1.71 bits per heavy atom. The fourth-order valence-corrected chi connectivity index (χ4v) is 1.76. The number of hydrogen-bond donors (Lipinski definition) is 0. The normalized spacial score (nSPS) is 10.1. The van der Waals surface area contributed by atoms with E-state index in [4.69, 9.17) is 24.8 Å². The molecule has 0 aliphatic carbocycles. The maximum Gasteiger partial charge on any atom is 0.0162 e. The van der Waals surface area contributed by atoms with Gasteiger partial charge in [0.25, 0.3) is 0 Å². The summed E-state index contributed by atoms with van der Waals surface area (Å²) >= 11 is 10.1. The van der Waals surface area contributed by atoms with Crippen molar-refractivity contribution in [3.05, 3.63) is 0 Å². The lowest BCUT2D eigenvalue weighted by Crippen LogP contribution is -2.30. The van der Waals surface area contributed by atoms with E-state index in [2.05, 4.69) is 18.7 Å². The topological polar surface area (TPSA) is 3.24 Å². The number of unbranched alkanes of at least 4 members (excludes halogenated alkanes) is 4. The Kier molecular flexibility index (Phi) is 9.73. The standard InChI is InChI=1S/C11H23NS2/c1-3-5-7-9-12(11(13)14)10-8-6-4-2/h3-10H2,1-2H3,(H,13,14)/p-1. The van der Waals surface area contributed by atoms with Crippen LogP contribution in [-0.2, 0) is 12.6 Å². The van der Waals surface area contributed by atoms with Crippen LogP contribution < -0.4 is 0 Å². The molecule has 0 aliphatic heterocycles. The minimum Gasteiger partial charge on any atom is -0.411 e. The summed E-state index contributed by atoms with van der Waals surface area (Å²) in [7, 11) is 0. The Bertz CT molecular complexity index is 138. The number of rotatable bonds is 8. The summed E-state index contributed by atoms with van der Waals surface area (Å²) in [5, 5.41) is 0. The van der Waals surface area contributed by atoms with E-state index in [9.17, 15) is 0 Å². The molecule has 0 spiro atoms. The Morgan fingerprint density at radius 1 is 1.00 bits per heavy atom. The first kappa shape index (κ1) is 14.1. The second-order valence-electron chi connectivity index (χ2n) is 3.67. The summed E-state index contributed by atoms with van der Waals surface area (Å²) < 4.78 is 0.650. The van der Waals surface area contributed by atoms with E-state index in [1.54, 1.807) is 0 Å². The zero-order valence-electron chi connectivity index (χ0n) is 9.42. The molecule has 0 saturated carbocycles. The van der Waals surface area contributed by atoms with Gasteiger partial charge in [0.1, 0.15) is 0 Å². The summed E-state index contributed by atoms with van der Waals surface area (Å²) in [6, 6.07) is 0. The summed E-state index contributed by atoms with van der Waals surface area (Å²) in [6.07, 6.45) is 7.52. The van der Waals surface area contributed by atoms with Crippen LogP contribution in [0.5, 0.6) is 0 Å². The van der Waals surface area contributed by atoms with Crippen LogP contribution in [0.15, 0.2) is 0 Å².